The number of hydrogen-bond acceptors (Lipinski definition) is 4. The molecule has 4 aromatic rings. The summed E-state index contributed by atoms with van der Waals surface area (Å²) in [6.07, 6.45) is 5.60. The molecule has 176 valence electrons. The van der Waals surface area contributed by atoms with Crippen LogP contribution in [0.25, 0.3) is 16.7 Å². The van der Waals surface area contributed by atoms with Crippen LogP contribution in [0.4, 0.5) is 0 Å². The summed E-state index contributed by atoms with van der Waals surface area (Å²) in [6.45, 7) is 0.380. The molecule has 0 unspecified atom stereocenters. The topological polar surface area (TPSA) is 90.4 Å². The summed E-state index contributed by atoms with van der Waals surface area (Å²) < 4.78 is 4.22. The SMILES string of the molecule is O=C(CCn1c(=O)c2ccccc2n2c(=O)n(Cc3ccc(Cl)cc3)nc12)NC1CCCCC1. The first-order chi connectivity index (χ1) is 16.5. The van der Waals surface area contributed by atoms with Gasteiger partial charge in [-0.05, 0) is 42.7 Å². The lowest BCUT2D eigenvalue weighted by atomic mass is 9.95. The maximum atomic E-state index is 13.3. The van der Waals surface area contributed by atoms with Crippen molar-refractivity contribution < 1.29 is 4.79 Å². The van der Waals surface area contributed by atoms with Crippen LogP contribution >= 0.6 is 11.6 Å². The minimum Gasteiger partial charge on any atom is -0.353 e. The molecule has 9 heteroatoms. The molecule has 0 saturated heterocycles. The Morgan fingerprint density at radius 3 is 2.53 bits per heavy atom. The predicted octanol–water partition coefficient (Wildman–Crippen LogP) is 3.35. The number of aryl methyl sites for hydroxylation is 1. The molecule has 1 saturated carbocycles. The van der Waals surface area contributed by atoms with Crippen LogP contribution in [0.5, 0.6) is 0 Å². The van der Waals surface area contributed by atoms with Crippen LogP contribution in [0.2, 0.25) is 5.02 Å². The summed E-state index contributed by atoms with van der Waals surface area (Å²) in [4.78, 5) is 39.2. The van der Waals surface area contributed by atoms with E-state index in [1.54, 1.807) is 36.4 Å². The molecule has 0 aliphatic heterocycles. The minimum atomic E-state index is -0.346. The number of nitrogens with zero attached hydrogens (tertiary/aromatic N) is 4. The lowest BCUT2D eigenvalue weighted by Gasteiger charge is -2.22. The molecule has 0 bridgehead atoms. The van der Waals surface area contributed by atoms with Gasteiger partial charge >= 0.3 is 5.69 Å². The van der Waals surface area contributed by atoms with Gasteiger partial charge in [0.15, 0.2) is 0 Å². The molecule has 2 heterocycles. The summed E-state index contributed by atoms with van der Waals surface area (Å²) in [5, 5.41) is 8.61. The first-order valence-corrected chi connectivity index (χ1v) is 12.0. The Kier molecular flexibility index (Phi) is 6.24. The van der Waals surface area contributed by atoms with E-state index in [9.17, 15) is 14.4 Å². The molecule has 0 radical (unpaired) electrons. The van der Waals surface area contributed by atoms with Crippen LogP contribution in [0.3, 0.4) is 0 Å². The molecule has 8 nitrogen and oxygen atoms in total. The van der Waals surface area contributed by atoms with E-state index in [0.29, 0.717) is 15.9 Å². The van der Waals surface area contributed by atoms with Crippen LogP contribution in [0, 0.1) is 0 Å². The number of halogens is 1. The van der Waals surface area contributed by atoms with Gasteiger partial charge in [-0.1, -0.05) is 55.1 Å². The number of amides is 1. The average Bonchev–Trinajstić information content (AvgIpc) is 3.17. The van der Waals surface area contributed by atoms with E-state index in [1.165, 1.54) is 20.1 Å². The normalized spacial score (nSPS) is 14.6. The second-order valence-corrected chi connectivity index (χ2v) is 9.26. The molecular weight excluding hydrogens is 454 g/mol. The zero-order valence-corrected chi connectivity index (χ0v) is 19.5. The Hall–Kier alpha value is -3.39. The highest BCUT2D eigenvalue weighted by Gasteiger charge is 2.19. The molecule has 2 aromatic heterocycles. The van der Waals surface area contributed by atoms with Crippen molar-refractivity contribution in [2.24, 2.45) is 0 Å². The maximum absolute atomic E-state index is 13.3. The van der Waals surface area contributed by atoms with Crippen LogP contribution in [-0.2, 0) is 17.9 Å². The van der Waals surface area contributed by atoms with Gasteiger partial charge in [0, 0.05) is 24.0 Å². The molecule has 5 rings (SSSR count). The second kappa shape index (κ2) is 9.46. The van der Waals surface area contributed by atoms with Crippen molar-refractivity contribution in [2.45, 2.75) is 57.7 Å². The Bertz CT molecular complexity index is 1460. The standard InChI is InChI=1S/C25H26ClN5O3/c26-18-12-10-17(11-13-18)16-30-25(34)31-21-9-5-4-8-20(21)23(33)29(24(31)28-30)15-14-22(32)27-19-6-2-1-3-7-19/h4-5,8-13,19H,1-3,6-7,14-16H2,(H,27,32). The van der Waals surface area contributed by atoms with Crippen LogP contribution in [0.15, 0.2) is 58.1 Å². The minimum absolute atomic E-state index is 0.0898. The van der Waals surface area contributed by atoms with Gasteiger partial charge in [-0.15, -0.1) is 5.10 Å². The molecule has 1 N–H and O–H groups in total. The van der Waals surface area contributed by atoms with Crippen molar-refractivity contribution in [3.05, 3.63) is 80.0 Å². The summed E-state index contributed by atoms with van der Waals surface area (Å²) in [5.74, 6) is 0.140. The van der Waals surface area contributed by atoms with Crippen molar-refractivity contribution in [2.75, 3.05) is 0 Å². The van der Waals surface area contributed by atoms with Gasteiger partial charge in [-0.25, -0.2) is 13.9 Å². The fraction of sp³-hybridized carbons (Fsp3) is 0.360. The number of carbonyl (C=O) groups is 1. The molecular formula is C25H26ClN5O3. The number of para-hydroxylation sites is 1. The third-order valence-electron chi connectivity index (χ3n) is 6.46. The van der Waals surface area contributed by atoms with Gasteiger partial charge in [0.05, 0.1) is 17.4 Å². The third-order valence-corrected chi connectivity index (χ3v) is 6.71. The quantitative estimate of drug-likeness (QED) is 0.459. The van der Waals surface area contributed by atoms with Crippen molar-refractivity contribution >= 4 is 34.2 Å². The first-order valence-electron chi connectivity index (χ1n) is 11.7. The Morgan fingerprint density at radius 2 is 1.76 bits per heavy atom. The molecule has 1 amide bonds. The summed E-state index contributed by atoms with van der Waals surface area (Å²) in [7, 11) is 0. The van der Waals surface area contributed by atoms with Crippen LogP contribution in [-0.4, -0.2) is 30.7 Å². The summed E-state index contributed by atoms with van der Waals surface area (Å²) >= 11 is 5.98. The van der Waals surface area contributed by atoms with Crippen molar-refractivity contribution in [1.29, 1.82) is 0 Å². The van der Waals surface area contributed by atoms with Gasteiger partial charge in [0.1, 0.15) is 0 Å². The molecule has 2 aromatic carbocycles. The van der Waals surface area contributed by atoms with Gasteiger partial charge in [0.2, 0.25) is 11.7 Å². The van der Waals surface area contributed by atoms with E-state index in [1.807, 2.05) is 12.1 Å². The number of carbonyl (C=O) groups excluding carboxylic acids is 1. The zero-order valence-electron chi connectivity index (χ0n) is 18.7. The highest BCUT2D eigenvalue weighted by molar-refractivity contribution is 6.30. The molecule has 1 fully saturated rings. The molecule has 1 aliphatic rings. The highest BCUT2D eigenvalue weighted by Crippen LogP contribution is 2.18. The fourth-order valence-electron chi connectivity index (χ4n) is 4.70. The summed E-state index contributed by atoms with van der Waals surface area (Å²) in [6, 6.07) is 14.4. The van der Waals surface area contributed by atoms with Crippen molar-refractivity contribution in [3.63, 3.8) is 0 Å². The van der Waals surface area contributed by atoms with Crippen LogP contribution in [0.1, 0.15) is 44.1 Å². The average molecular weight is 480 g/mol. The number of benzene rings is 2. The van der Waals surface area contributed by atoms with Gasteiger partial charge in [-0.3, -0.25) is 14.2 Å². The highest BCUT2D eigenvalue weighted by atomic mass is 35.5. The van der Waals surface area contributed by atoms with E-state index in [0.717, 1.165) is 31.2 Å². The third kappa shape index (κ3) is 4.37. The van der Waals surface area contributed by atoms with Crippen molar-refractivity contribution in [1.82, 2.24) is 24.1 Å². The van der Waals surface area contributed by atoms with Crippen LogP contribution < -0.4 is 16.6 Å². The van der Waals surface area contributed by atoms with E-state index >= 15 is 0 Å². The lowest BCUT2D eigenvalue weighted by Crippen LogP contribution is -2.37. The lowest BCUT2D eigenvalue weighted by molar-refractivity contribution is -0.122. The maximum Gasteiger partial charge on any atom is 0.352 e. The van der Waals surface area contributed by atoms with E-state index in [4.69, 9.17) is 11.6 Å². The summed E-state index contributed by atoms with van der Waals surface area (Å²) in [5.41, 5.74) is 0.747. The number of fused-ring (bicyclic) bond motifs is 3. The van der Waals surface area contributed by atoms with E-state index in [-0.39, 0.29) is 48.5 Å². The van der Waals surface area contributed by atoms with Gasteiger partial charge < -0.3 is 5.32 Å². The number of aromatic nitrogens is 4. The van der Waals surface area contributed by atoms with Gasteiger partial charge in [0.25, 0.3) is 5.56 Å². The molecule has 1 aliphatic carbocycles. The van der Waals surface area contributed by atoms with Gasteiger partial charge in [-0.2, -0.15) is 0 Å². The predicted molar refractivity (Wildman–Crippen MR) is 131 cm³/mol. The Morgan fingerprint density at radius 1 is 1.03 bits per heavy atom. The Balaban J connectivity index is 1.51. The Labute approximate surface area is 200 Å². The number of nitrogens with one attached hydrogen (secondary N) is 1. The van der Waals surface area contributed by atoms with E-state index < -0.39 is 0 Å². The number of hydrogen-bond donors (Lipinski definition) is 1. The molecule has 0 atom stereocenters. The number of rotatable bonds is 6. The fourth-order valence-corrected chi connectivity index (χ4v) is 4.82. The smallest absolute Gasteiger partial charge is 0.352 e. The van der Waals surface area contributed by atoms with Crippen molar-refractivity contribution in [3.8, 4) is 0 Å². The zero-order chi connectivity index (χ0) is 23.7. The molecule has 34 heavy (non-hydrogen) atoms. The monoisotopic (exact) mass is 479 g/mol. The van der Waals surface area contributed by atoms with E-state index in [2.05, 4.69) is 10.4 Å². The largest absolute Gasteiger partial charge is 0.353 e. The first kappa shape index (κ1) is 22.4. The second-order valence-electron chi connectivity index (χ2n) is 8.83. The molecule has 0 spiro atoms.